The van der Waals surface area contributed by atoms with Gasteiger partial charge in [0.2, 0.25) is 0 Å². The van der Waals surface area contributed by atoms with Gasteiger partial charge < -0.3 is 9.47 Å². The lowest BCUT2D eigenvalue weighted by Crippen LogP contribution is -2.14. The SMILES string of the molecule is CCOC(=O)COc1ccc(-c2ccc(C)cc2)cc1. The van der Waals surface area contributed by atoms with Gasteiger partial charge in [0.05, 0.1) is 6.61 Å². The zero-order valence-corrected chi connectivity index (χ0v) is 11.8. The third kappa shape index (κ3) is 3.85. The first-order chi connectivity index (χ1) is 9.69. The Bertz CT molecular complexity index is 556. The maximum atomic E-state index is 11.2. The van der Waals surface area contributed by atoms with Crippen LogP contribution in [0.3, 0.4) is 0 Å². The van der Waals surface area contributed by atoms with E-state index < -0.39 is 0 Å². The molecule has 0 bridgehead atoms. The number of benzene rings is 2. The Morgan fingerprint density at radius 2 is 1.50 bits per heavy atom. The molecule has 3 heteroatoms. The second-order valence-corrected chi connectivity index (χ2v) is 4.48. The molecule has 0 aliphatic heterocycles. The molecule has 104 valence electrons. The number of carbonyl (C=O) groups excluding carboxylic acids is 1. The van der Waals surface area contributed by atoms with Gasteiger partial charge in [-0.1, -0.05) is 42.0 Å². The van der Waals surface area contributed by atoms with Gasteiger partial charge in [-0.15, -0.1) is 0 Å². The van der Waals surface area contributed by atoms with Crippen LogP contribution in [0.4, 0.5) is 0 Å². The average Bonchev–Trinajstić information content (AvgIpc) is 2.47. The van der Waals surface area contributed by atoms with Gasteiger partial charge >= 0.3 is 5.97 Å². The molecule has 0 aliphatic rings. The van der Waals surface area contributed by atoms with E-state index in [9.17, 15) is 4.79 Å². The van der Waals surface area contributed by atoms with Crippen molar-refractivity contribution >= 4 is 5.97 Å². The fourth-order valence-electron chi connectivity index (χ4n) is 1.83. The molecule has 0 atom stereocenters. The molecule has 0 aromatic heterocycles. The molecule has 2 aromatic rings. The van der Waals surface area contributed by atoms with Crippen LogP contribution in [0, 0.1) is 6.92 Å². The first-order valence-electron chi connectivity index (χ1n) is 6.64. The Labute approximate surface area is 119 Å². The van der Waals surface area contributed by atoms with Crippen LogP contribution in [0.5, 0.6) is 5.75 Å². The molecular formula is C17H18O3. The lowest BCUT2D eigenvalue weighted by molar-refractivity contribution is -0.145. The van der Waals surface area contributed by atoms with Gasteiger partial charge in [0, 0.05) is 0 Å². The Morgan fingerprint density at radius 1 is 0.950 bits per heavy atom. The molecule has 0 heterocycles. The van der Waals surface area contributed by atoms with Crippen molar-refractivity contribution in [1.29, 1.82) is 0 Å². The van der Waals surface area contributed by atoms with Gasteiger partial charge in [-0.05, 0) is 37.1 Å². The summed E-state index contributed by atoms with van der Waals surface area (Å²) in [5, 5.41) is 0. The zero-order valence-electron chi connectivity index (χ0n) is 11.8. The molecule has 3 nitrogen and oxygen atoms in total. The molecule has 20 heavy (non-hydrogen) atoms. The third-order valence-corrected chi connectivity index (χ3v) is 2.90. The highest BCUT2D eigenvalue weighted by Crippen LogP contribution is 2.22. The van der Waals surface area contributed by atoms with Crippen molar-refractivity contribution in [2.24, 2.45) is 0 Å². The highest BCUT2D eigenvalue weighted by Gasteiger charge is 2.03. The minimum Gasteiger partial charge on any atom is -0.482 e. The maximum absolute atomic E-state index is 11.2. The number of esters is 1. The van der Waals surface area contributed by atoms with E-state index in [-0.39, 0.29) is 12.6 Å². The van der Waals surface area contributed by atoms with Gasteiger partial charge in [0.25, 0.3) is 0 Å². The molecular weight excluding hydrogens is 252 g/mol. The van der Waals surface area contributed by atoms with E-state index in [0.717, 1.165) is 11.1 Å². The van der Waals surface area contributed by atoms with Crippen LogP contribution in [-0.2, 0) is 9.53 Å². The smallest absolute Gasteiger partial charge is 0.344 e. The fraction of sp³-hybridized carbons (Fsp3) is 0.235. The summed E-state index contributed by atoms with van der Waals surface area (Å²) in [5.41, 5.74) is 3.52. The fourth-order valence-corrected chi connectivity index (χ4v) is 1.83. The highest BCUT2D eigenvalue weighted by atomic mass is 16.6. The van der Waals surface area contributed by atoms with Gasteiger partial charge in [0.1, 0.15) is 5.75 Å². The second-order valence-electron chi connectivity index (χ2n) is 4.48. The van der Waals surface area contributed by atoms with Crippen LogP contribution in [0.15, 0.2) is 48.5 Å². The van der Waals surface area contributed by atoms with Crippen molar-refractivity contribution in [2.75, 3.05) is 13.2 Å². The zero-order chi connectivity index (χ0) is 14.4. The van der Waals surface area contributed by atoms with E-state index in [0.29, 0.717) is 12.4 Å². The third-order valence-electron chi connectivity index (χ3n) is 2.90. The summed E-state index contributed by atoms with van der Waals surface area (Å²) in [6.07, 6.45) is 0. The quantitative estimate of drug-likeness (QED) is 0.779. The van der Waals surface area contributed by atoms with Crippen LogP contribution in [0.25, 0.3) is 11.1 Å². The summed E-state index contributed by atoms with van der Waals surface area (Å²) in [5.74, 6) is 0.309. The van der Waals surface area contributed by atoms with Gasteiger partial charge in [-0.25, -0.2) is 4.79 Å². The molecule has 0 spiro atoms. The Morgan fingerprint density at radius 3 is 2.05 bits per heavy atom. The van der Waals surface area contributed by atoms with Crippen molar-refractivity contribution in [3.8, 4) is 16.9 Å². The molecule has 0 unspecified atom stereocenters. The number of hydrogen-bond donors (Lipinski definition) is 0. The second kappa shape index (κ2) is 6.75. The molecule has 0 radical (unpaired) electrons. The summed E-state index contributed by atoms with van der Waals surface area (Å²) in [6, 6.07) is 16.0. The summed E-state index contributed by atoms with van der Waals surface area (Å²) in [7, 11) is 0. The predicted molar refractivity (Wildman–Crippen MR) is 78.7 cm³/mol. The van der Waals surface area contributed by atoms with Crippen molar-refractivity contribution in [3.05, 3.63) is 54.1 Å². The largest absolute Gasteiger partial charge is 0.482 e. The molecule has 0 fully saturated rings. The predicted octanol–water partition coefficient (Wildman–Crippen LogP) is 3.60. The van der Waals surface area contributed by atoms with Crippen LogP contribution >= 0.6 is 0 Å². The van der Waals surface area contributed by atoms with Crippen LogP contribution in [0.2, 0.25) is 0 Å². The number of hydrogen-bond acceptors (Lipinski definition) is 3. The van der Waals surface area contributed by atoms with Gasteiger partial charge in [0.15, 0.2) is 6.61 Å². The van der Waals surface area contributed by atoms with Crippen LogP contribution in [-0.4, -0.2) is 19.2 Å². The van der Waals surface area contributed by atoms with Crippen LogP contribution in [0.1, 0.15) is 12.5 Å². The first-order valence-corrected chi connectivity index (χ1v) is 6.64. The minimum atomic E-state index is -0.352. The lowest BCUT2D eigenvalue weighted by atomic mass is 10.0. The molecule has 0 saturated heterocycles. The highest BCUT2D eigenvalue weighted by molar-refractivity contribution is 5.71. The number of aryl methyl sites for hydroxylation is 1. The molecule has 2 rings (SSSR count). The number of carbonyl (C=O) groups is 1. The van der Waals surface area contributed by atoms with Gasteiger partial charge in [-0.3, -0.25) is 0 Å². The summed E-state index contributed by atoms with van der Waals surface area (Å²) in [4.78, 5) is 11.2. The Balaban J connectivity index is 1.99. The van der Waals surface area contributed by atoms with Gasteiger partial charge in [-0.2, -0.15) is 0 Å². The van der Waals surface area contributed by atoms with E-state index in [4.69, 9.17) is 9.47 Å². The van der Waals surface area contributed by atoms with E-state index in [2.05, 4.69) is 31.2 Å². The Kier molecular flexibility index (Phi) is 4.77. The van der Waals surface area contributed by atoms with Crippen LogP contribution < -0.4 is 4.74 Å². The van der Waals surface area contributed by atoms with Crippen molar-refractivity contribution in [3.63, 3.8) is 0 Å². The minimum absolute atomic E-state index is 0.0578. The van der Waals surface area contributed by atoms with Crippen molar-refractivity contribution in [1.82, 2.24) is 0 Å². The average molecular weight is 270 g/mol. The number of ether oxygens (including phenoxy) is 2. The standard InChI is InChI=1S/C17H18O3/c1-3-19-17(18)12-20-16-10-8-15(9-11-16)14-6-4-13(2)5-7-14/h4-11H,3,12H2,1-2H3. The molecule has 0 amide bonds. The van der Waals surface area contributed by atoms with E-state index in [1.54, 1.807) is 6.92 Å². The molecule has 0 N–H and O–H groups in total. The molecule has 0 aliphatic carbocycles. The summed E-state index contributed by atoms with van der Waals surface area (Å²) < 4.78 is 10.2. The molecule has 2 aromatic carbocycles. The normalized spacial score (nSPS) is 10.1. The maximum Gasteiger partial charge on any atom is 0.344 e. The van der Waals surface area contributed by atoms with Crippen molar-refractivity contribution in [2.45, 2.75) is 13.8 Å². The summed E-state index contributed by atoms with van der Waals surface area (Å²) >= 11 is 0. The summed E-state index contributed by atoms with van der Waals surface area (Å²) in [6.45, 7) is 4.15. The van der Waals surface area contributed by atoms with E-state index >= 15 is 0 Å². The molecule has 0 saturated carbocycles. The van der Waals surface area contributed by atoms with E-state index in [1.807, 2.05) is 24.3 Å². The monoisotopic (exact) mass is 270 g/mol. The Hall–Kier alpha value is -2.29. The topological polar surface area (TPSA) is 35.5 Å². The first kappa shape index (κ1) is 14.1. The van der Waals surface area contributed by atoms with E-state index in [1.165, 1.54) is 5.56 Å². The number of rotatable bonds is 5. The van der Waals surface area contributed by atoms with Crippen molar-refractivity contribution < 1.29 is 14.3 Å². The lowest BCUT2D eigenvalue weighted by Gasteiger charge is -2.07.